The molecule has 6 heteroatoms. The summed E-state index contributed by atoms with van der Waals surface area (Å²) in [5.41, 5.74) is 0.146. The number of amides is 1. The molecule has 1 heterocycles. The number of ketones is 1. The molecule has 1 aromatic heterocycles. The Morgan fingerprint density at radius 1 is 1.09 bits per heavy atom. The predicted molar refractivity (Wildman–Crippen MR) is 86.9 cm³/mol. The molecule has 0 saturated heterocycles. The number of hydrogen-bond acceptors (Lipinski definition) is 5. The molecular formula is C16H16N4O2. The number of carbonyl (C=O) groups is 2. The highest BCUT2D eigenvalue weighted by molar-refractivity contribution is 6.68. The van der Waals surface area contributed by atoms with Gasteiger partial charge in [0.15, 0.2) is 5.71 Å². The maximum atomic E-state index is 11.7. The summed E-state index contributed by atoms with van der Waals surface area (Å²) in [4.78, 5) is 27.4. The van der Waals surface area contributed by atoms with Gasteiger partial charge in [-0.05, 0) is 24.3 Å². The quantitative estimate of drug-likeness (QED) is 0.433. The van der Waals surface area contributed by atoms with Crippen LogP contribution in [0.3, 0.4) is 0 Å². The third-order valence-corrected chi connectivity index (χ3v) is 2.64. The van der Waals surface area contributed by atoms with Gasteiger partial charge in [0, 0.05) is 25.6 Å². The van der Waals surface area contributed by atoms with Crippen LogP contribution in [0.15, 0.2) is 67.0 Å². The maximum absolute atomic E-state index is 11.7. The van der Waals surface area contributed by atoms with Crippen molar-refractivity contribution in [1.82, 2.24) is 4.98 Å². The number of rotatable bonds is 6. The topological polar surface area (TPSA) is 94.9 Å². The van der Waals surface area contributed by atoms with Crippen molar-refractivity contribution in [3.8, 4) is 0 Å². The summed E-state index contributed by atoms with van der Waals surface area (Å²) in [7, 11) is 0. The van der Waals surface area contributed by atoms with Crippen molar-refractivity contribution in [3.63, 3.8) is 0 Å². The molecular weight excluding hydrogens is 280 g/mol. The number of para-hydroxylation sites is 1. The molecule has 0 aliphatic heterocycles. The average molecular weight is 296 g/mol. The van der Waals surface area contributed by atoms with Crippen LogP contribution in [-0.4, -0.2) is 22.4 Å². The summed E-state index contributed by atoms with van der Waals surface area (Å²) in [6.45, 7) is 0. The molecule has 6 nitrogen and oxygen atoms in total. The molecule has 0 aliphatic carbocycles. The van der Waals surface area contributed by atoms with E-state index in [-0.39, 0.29) is 7.24 Å². The van der Waals surface area contributed by atoms with E-state index in [9.17, 15) is 9.59 Å². The van der Waals surface area contributed by atoms with Gasteiger partial charge in [-0.3, -0.25) is 15.0 Å². The molecule has 0 atom stereocenters. The van der Waals surface area contributed by atoms with E-state index in [2.05, 4.69) is 15.6 Å². The Hall–Kier alpha value is -3.28. The Bertz CT molecular complexity index is 703. The molecule has 22 heavy (non-hydrogen) atoms. The lowest BCUT2D eigenvalue weighted by Gasteiger charge is -2.03. The van der Waals surface area contributed by atoms with Crippen LogP contribution in [0.1, 0.15) is 1.43 Å². The minimum absolute atomic E-state index is 0. The lowest BCUT2D eigenvalue weighted by atomic mass is 10.2. The van der Waals surface area contributed by atoms with E-state index in [0.717, 1.165) is 11.8 Å². The predicted octanol–water partition coefficient (Wildman–Crippen LogP) is 2.48. The molecule has 0 radical (unpaired) electrons. The summed E-state index contributed by atoms with van der Waals surface area (Å²) in [6.07, 6.45) is 4.03. The minimum atomic E-state index is -0.798. The van der Waals surface area contributed by atoms with Gasteiger partial charge in [0.2, 0.25) is 5.78 Å². The van der Waals surface area contributed by atoms with Gasteiger partial charge in [-0.25, -0.2) is 4.98 Å². The van der Waals surface area contributed by atoms with E-state index >= 15 is 0 Å². The van der Waals surface area contributed by atoms with E-state index in [1.165, 1.54) is 12.4 Å². The fourth-order valence-electron chi connectivity index (χ4n) is 1.56. The van der Waals surface area contributed by atoms with Crippen LogP contribution in [-0.2, 0) is 9.59 Å². The number of aromatic nitrogens is 1. The molecule has 1 aromatic carbocycles. The first kappa shape index (κ1) is 15.1. The van der Waals surface area contributed by atoms with E-state index in [0.29, 0.717) is 0 Å². The van der Waals surface area contributed by atoms with Crippen molar-refractivity contribution in [1.29, 1.82) is 5.41 Å². The van der Waals surface area contributed by atoms with Crippen molar-refractivity contribution in [2.45, 2.75) is 0 Å². The summed E-state index contributed by atoms with van der Waals surface area (Å²) in [5.74, 6) is -1.21. The number of anilines is 2. The summed E-state index contributed by atoms with van der Waals surface area (Å²) in [6, 6.07) is 14.2. The van der Waals surface area contributed by atoms with Gasteiger partial charge in [0.05, 0.1) is 0 Å². The molecule has 2 aromatic rings. The van der Waals surface area contributed by atoms with Crippen LogP contribution >= 0.6 is 0 Å². The van der Waals surface area contributed by atoms with Gasteiger partial charge >= 0.3 is 0 Å². The van der Waals surface area contributed by atoms with Crippen LogP contribution in [0.5, 0.6) is 0 Å². The van der Waals surface area contributed by atoms with Crippen LogP contribution < -0.4 is 10.6 Å². The third-order valence-electron chi connectivity index (χ3n) is 2.64. The Balaban J connectivity index is 0.00000264. The fraction of sp³-hybridized carbons (Fsp3) is 0. The highest BCUT2D eigenvalue weighted by Crippen LogP contribution is 2.04. The molecule has 0 aliphatic rings. The highest BCUT2D eigenvalue weighted by atomic mass is 16.2. The summed E-state index contributed by atoms with van der Waals surface area (Å²) < 4.78 is 0. The molecule has 2 rings (SSSR count). The highest BCUT2D eigenvalue weighted by Gasteiger charge is 2.16. The molecule has 1 amide bonds. The monoisotopic (exact) mass is 296 g/mol. The fourth-order valence-corrected chi connectivity index (χ4v) is 1.56. The van der Waals surface area contributed by atoms with Gasteiger partial charge in [-0.1, -0.05) is 24.3 Å². The van der Waals surface area contributed by atoms with Crippen molar-refractivity contribution in [3.05, 3.63) is 67.0 Å². The van der Waals surface area contributed by atoms with Gasteiger partial charge in [0.1, 0.15) is 5.82 Å². The third kappa shape index (κ3) is 4.38. The molecule has 3 N–H and O–H groups in total. The number of allylic oxidation sites excluding steroid dienone is 1. The summed E-state index contributed by atoms with van der Waals surface area (Å²) >= 11 is 0. The van der Waals surface area contributed by atoms with Gasteiger partial charge in [-0.2, -0.15) is 0 Å². The van der Waals surface area contributed by atoms with E-state index in [4.69, 9.17) is 5.41 Å². The Kier molecular flexibility index (Phi) is 5.15. The second kappa shape index (κ2) is 7.49. The van der Waals surface area contributed by atoms with Crippen LogP contribution in [0.2, 0.25) is 0 Å². The number of benzene rings is 1. The summed E-state index contributed by atoms with van der Waals surface area (Å²) in [5, 5.41) is 12.8. The minimum Gasteiger partial charge on any atom is -0.362 e. The van der Waals surface area contributed by atoms with Crippen LogP contribution in [0.4, 0.5) is 11.5 Å². The van der Waals surface area contributed by atoms with E-state index < -0.39 is 17.4 Å². The lowest BCUT2D eigenvalue weighted by Crippen LogP contribution is -2.28. The van der Waals surface area contributed by atoms with E-state index in [1.807, 2.05) is 30.3 Å². The number of pyridine rings is 1. The molecule has 0 fully saturated rings. The largest absolute Gasteiger partial charge is 0.362 e. The van der Waals surface area contributed by atoms with Crippen molar-refractivity contribution < 1.29 is 11.0 Å². The zero-order chi connectivity index (χ0) is 15.8. The van der Waals surface area contributed by atoms with Crippen molar-refractivity contribution in [2.75, 3.05) is 10.6 Å². The van der Waals surface area contributed by atoms with Crippen LogP contribution in [0, 0.1) is 5.41 Å². The SMILES string of the molecule is N=C(C(=O)/C=C\Nc1ccccc1)C(=O)Nc1ccccn1.[HH]. The second-order valence-electron chi connectivity index (χ2n) is 4.25. The Morgan fingerprint density at radius 3 is 2.50 bits per heavy atom. The zero-order valence-electron chi connectivity index (χ0n) is 11.6. The molecule has 0 unspecified atom stereocenters. The van der Waals surface area contributed by atoms with Gasteiger partial charge < -0.3 is 10.6 Å². The van der Waals surface area contributed by atoms with E-state index in [1.54, 1.807) is 18.2 Å². The van der Waals surface area contributed by atoms with Gasteiger partial charge in [-0.15, -0.1) is 0 Å². The molecule has 0 saturated carbocycles. The maximum Gasteiger partial charge on any atom is 0.278 e. The molecule has 0 bridgehead atoms. The van der Waals surface area contributed by atoms with Crippen LogP contribution in [0.25, 0.3) is 0 Å². The van der Waals surface area contributed by atoms with Crippen molar-refractivity contribution >= 4 is 28.9 Å². The number of carbonyl (C=O) groups excluding carboxylic acids is 2. The Labute approximate surface area is 128 Å². The first-order valence-corrected chi connectivity index (χ1v) is 6.50. The van der Waals surface area contributed by atoms with Crippen molar-refractivity contribution in [2.24, 2.45) is 0 Å². The first-order valence-electron chi connectivity index (χ1n) is 6.50. The number of nitrogens with one attached hydrogen (secondary N) is 3. The second-order valence-corrected chi connectivity index (χ2v) is 4.25. The smallest absolute Gasteiger partial charge is 0.278 e. The standard InChI is InChI=1S/C16H14N4O2.H2/c17-15(16(22)20-14-8-4-5-10-19-14)13(21)9-11-18-12-6-2-1-3-7-12;/h1-11,17-18H,(H,19,20,22);1H/b11-9-,17-15?;. The molecule has 112 valence electrons. The lowest BCUT2D eigenvalue weighted by molar-refractivity contribution is -0.113. The molecule has 0 spiro atoms. The zero-order valence-corrected chi connectivity index (χ0v) is 11.6. The normalized spacial score (nSPS) is 10.2. The number of hydrogen-bond donors (Lipinski definition) is 3. The average Bonchev–Trinajstić information content (AvgIpc) is 2.56. The number of nitrogens with zero attached hydrogens (tertiary/aromatic N) is 1. The first-order chi connectivity index (χ1) is 10.7. The Morgan fingerprint density at radius 2 is 1.82 bits per heavy atom. The van der Waals surface area contributed by atoms with Gasteiger partial charge in [0.25, 0.3) is 5.91 Å².